The smallest absolute Gasteiger partial charge is 0.155 e. The third-order valence-corrected chi connectivity index (χ3v) is 4.01. The fourth-order valence-electron chi connectivity index (χ4n) is 2.67. The molecule has 1 aromatic heterocycles. The van der Waals surface area contributed by atoms with Crippen LogP contribution in [0.15, 0.2) is 54.6 Å². The largest absolute Gasteiger partial charge is 0.320 e. The highest BCUT2D eigenvalue weighted by Gasteiger charge is 2.20. The van der Waals surface area contributed by atoms with Crippen LogP contribution in [0.3, 0.4) is 0 Å². The van der Waals surface area contributed by atoms with E-state index in [1.54, 1.807) is 0 Å². The molecule has 3 heteroatoms. The molecule has 0 spiro atoms. The fraction of sp³-hybridized carbons (Fsp3) is 0.211. The second-order valence-electron chi connectivity index (χ2n) is 5.77. The Morgan fingerprint density at radius 1 is 0.909 bits per heavy atom. The molecule has 0 saturated carbocycles. The zero-order chi connectivity index (χ0) is 15.7. The van der Waals surface area contributed by atoms with Gasteiger partial charge in [-0.05, 0) is 20.8 Å². The first-order valence-corrected chi connectivity index (χ1v) is 7.86. The maximum Gasteiger partial charge on any atom is 0.155 e. The van der Waals surface area contributed by atoms with Crippen molar-refractivity contribution in [3.8, 4) is 22.6 Å². The molecule has 0 atom stereocenters. The number of halogens is 1. The molecule has 2 aromatic carbocycles. The van der Waals surface area contributed by atoms with Gasteiger partial charge in [0.2, 0.25) is 0 Å². The van der Waals surface area contributed by atoms with E-state index in [0.29, 0.717) is 5.15 Å². The molecule has 0 bridgehead atoms. The second kappa shape index (κ2) is 5.98. The van der Waals surface area contributed by atoms with Crippen LogP contribution in [0.2, 0.25) is 5.15 Å². The van der Waals surface area contributed by atoms with Crippen LogP contribution in [0.4, 0.5) is 0 Å². The molecule has 0 amide bonds. The van der Waals surface area contributed by atoms with Gasteiger partial charge in [-0.3, -0.25) is 0 Å². The Hall–Kier alpha value is -2.06. The van der Waals surface area contributed by atoms with E-state index in [1.807, 2.05) is 18.2 Å². The van der Waals surface area contributed by atoms with Crippen LogP contribution in [0.25, 0.3) is 22.6 Å². The minimum absolute atomic E-state index is 0.270. The van der Waals surface area contributed by atoms with Crippen LogP contribution in [0, 0.1) is 6.92 Å². The van der Waals surface area contributed by atoms with Gasteiger partial charge in [-0.2, -0.15) is 0 Å². The van der Waals surface area contributed by atoms with Gasteiger partial charge in [0.1, 0.15) is 5.82 Å². The van der Waals surface area contributed by atoms with E-state index in [1.165, 1.54) is 5.56 Å². The summed E-state index contributed by atoms with van der Waals surface area (Å²) < 4.78 is 2.21. The van der Waals surface area contributed by atoms with Crippen molar-refractivity contribution < 1.29 is 0 Å². The van der Waals surface area contributed by atoms with Gasteiger partial charge in [0.15, 0.2) is 5.15 Å². The number of rotatable bonds is 3. The Labute approximate surface area is 136 Å². The molecule has 0 N–H and O–H groups in total. The molecule has 0 unspecified atom stereocenters. The number of benzene rings is 2. The van der Waals surface area contributed by atoms with Gasteiger partial charge in [-0.15, -0.1) is 0 Å². The van der Waals surface area contributed by atoms with E-state index in [2.05, 4.69) is 66.7 Å². The minimum Gasteiger partial charge on any atom is -0.320 e. The molecule has 22 heavy (non-hydrogen) atoms. The Morgan fingerprint density at radius 2 is 1.55 bits per heavy atom. The standard InChI is InChI=1S/C19H19ClN2/c1-13(2)22-17(15-7-5-4-6-8-15)18(20)21-19(22)16-11-9-14(3)10-12-16/h4-13H,1-3H3. The van der Waals surface area contributed by atoms with E-state index in [9.17, 15) is 0 Å². The first-order chi connectivity index (χ1) is 10.6. The zero-order valence-electron chi connectivity index (χ0n) is 13.0. The Bertz CT molecular complexity index is 771. The molecule has 0 radical (unpaired) electrons. The predicted octanol–water partition coefficient (Wildman–Crippen LogP) is 5.76. The van der Waals surface area contributed by atoms with Crippen molar-refractivity contribution in [2.45, 2.75) is 26.8 Å². The van der Waals surface area contributed by atoms with E-state index in [0.717, 1.165) is 22.6 Å². The van der Waals surface area contributed by atoms with Gasteiger partial charge < -0.3 is 4.57 Å². The topological polar surface area (TPSA) is 17.8 Å². The maximum absolute atomic E-state index is 6.48. The van der Waals surface area contributed by atoms with Crippen molar-refractivity contribution in [2.24, 2.45) is 0 Å². The van der Waals surface area contributed by atoms with Crippen LogP contribution < -0.4 is 0 Å². The fourth-order valence-corrected chi connectivity index (χ4v) is 2.95. The normalized spacial score (nSPS) is 11.1. The lowest BCUT2D eigenvalue weighted by Gasteiger charge is -2.16. The first-order valence-electron chi connectivity index (χ1n) is 7.48. The highest BCUT2D eigenvalue weighted by Crippen LogP contribution is 2.35. The molecule has 112 valence electrons. The zero-order valence-corrected chi connectivity index (χ0v) is 13.8. The Balaban J connectivity index is 2.23. The average molecular weight is 311 g/mol. The maximum atomic E-state index is 6.48. The number of aryl methyl sites for hydroxylation is 1. The summed E-state index contributed by atoms with van der Waals surface area (Å²) in [7, 11) is 0. The van der Waals surface area contributed by atoms with Crippen molar-refractivity contribution in [1.29, 1.82) is 0 Å². The predicted molar refractivity (Wildman–Crippen MR) is 93.2 cm³/mol. The first kappa shape index (κ1) is 14.9. The number of hydrogen-bond donors (Lipinski definition) is 0. The van der Waals surface area contributed by atoms with Crippen molar-refractivity contribution in [2.75, 3.05) is 0 Å². The van der Waals surface area contributed by atoms with Crippen molar-refractivity contribution in [3.63, 3.8) is 0 Å². The summed E-state index contributed by atoms with van der Waals surface area (Å²) in [4.78, 5) is 4.64. The third-order valence-electron chi connectivity index (χ3n) is 3.74. The monoisotopic (exact) mass is 310 g/mol. The molecule has 0 saturated heterocycles. The lowest BCUT2D eigenvalue weighted by molar-refractivity contribution is 0.612. The van der Waals surface area contributed by atoms with Crippen LogP contribution >= 0.6 is 11.6 Å². The average Bonchev–Trinajstić information content (AvgIpc) is 2.86. The molecular formula is C19H19ClN2. The van der Waals surface area contributed by atoms with Crippen molar-refractivity contribution in [3.05, 3.63) is 65.3 Å². The van der Waals surface area contributed by atoms with Gasteiger partial charge in [-0.25, -0.2) is 4.98 Å². The van der Waals surface area contributed by atoms with Crippen LogP contribution in [0.5, 0.6) is 0 Å². The molecule has 3 rings (SSSR count). The van der Waals surface area contributed by atoms with Gasteiger partial charge in [0.25, 0.3) is 0 Å². The van der Waals surface area contributed by atoms with Crippen LogP contribution in [-0.4, -0.2) is 9.55 Å². The summed E-state index contributed by atoms with van der Waals surface area (Å²) in [6.07, 6.45) is 0. The summed E-state index contributed by atoms with van der Waals surface area (Å²) in [5, 5.41) is 0.551. The molecule has 3 aromatic rings. The second-order valence-corrected chi connectivity index (χ2v) is 6.13. The molecule has 0 aliphatic rings. The summed E-state index contributed by atoms with van der Waals surface area (Å²) in [6, 6.07) is 18.9. The molecular weight excluding hydrogens is 292 g/mol. The van der Waals surface area contributed by atoms with Crippen molar-refractivity contribution >= 4 is 11.6 Å². The summed E-state index contributed by atoms with van der Waals surface area (Å²) in [5.74, 6) is 0.916. The third kappa shape index (κ3) is 2.67. The van der Waals surface area contributed by atoms with Crippen LogP contribution in [0.1, 0.15) is 25.5 Å². The SMILES string of the molecule is Cc1ccc(-c2nc(Cl)c(-c3ccccc3)n2C(C)C)cc1. The van der Waals surface area contributed by atoms with Crippen LogP contribution in [-0.2, 0) is 0 Å². The van der Waals surface area contributed by atoms with Gasteiger partial charge in [0.05, 0.1) is 5.69 Å². The highest BCUT2D eigenvalue weighted by atomic mass is 35.5. The summed E-state index contributed by atoms with van der Waals surface area (Å²) >= 11 is 6.48. The summed E-state index contributed by atoms with van der Waals surface area (Å²) in [5.41, 5.74) is 4.39. The number of hydrogen-bond acceptors (Lipinski definition) is 1. The van der Waals surface area contributed by atoms with E-state index in [4.69, 9.17) is 11.6 Å². The van der Waals surface area contributed by atoms with E-state index in [-0.39, 0.29) is 6.04 Å². The molecule has 1 heterocycles. The minimum atomic E-state index is 0.270. The van der Waals surface area contributed by atoms with Crippen molar-refractivity contribution in [1.82, 2.24) is 9.55 Å². The molecule has 0 aliphatic heterocycles. The number of imidazole rings is 1. The Kier molecular flexibility index (Phi) is 4.04. The molecule has 0 aliphatic carbocycles. The number of nitrogens with zero attached hydrogens (tertiary/aromatic N) is 2. The lowest BCUT2D eigenvalue weighted by Crippen LogP contribution is -2.05. The quantitative estimate of drug-likeness (QED) is 0.601. The molecule has 2 nitrogen and oxygen atoms in total. The number of aromatic nitrogens is 2. The molecule has 0 fully saturated rings. The van der Waals surface area contributed by atoms with Gasteiger partial charge >= 0.3 is 0 Å². The van der Waals surface area contributed by atoms with E-state index < -0.39 is 0 Å². The highest BCUT2D eigenvalue weighted by molar-refractivity contribution is 6.32. The lowest BCUT2D eigenvalue weighted by atomic mass is 10.1. The Morgan fingerprint density at radius 3 is 2.14 bits per heavy atom. The summed E-state index contributed by atoms with van der Waals surface area (Å²) in [6.45, 7) is 6.39. The van der Waals surface area contributed by atoms with Gasteiger partial charge in [-0.1, -0.05) is 71.8 Å². The van der Waals surface area contributed by atoms with E-state index >= 15 is 0 Å². The van der Waals surface area contributed by atoms with Gasteiger partial charge in [0, 0.05) is 17.2 Å².